The first-order valence-electron chi connectivity index (χ1n) is 12.5. The zero-order valence-electron chi connectivity index (χ0n) is 20.7. The van der Waals surface area contributed by atoms with E-state index in [4.69, 9.17) is 0 Å². The summed E-state index contributed by atoms with van der Waals surface area (Å²) in [5, 5.41) is -0.594. The Morgan fingerprint density at radius 1 is 0.700 bits per heavy atom. The molecule has 0 amide bonds. The largest absolute Gasteiger partial charge is 0.378 e. The van der Waals surface area contributed by atoms with Gasteiger partial charge in [-0.1, -0.05) is 70.1 Å². The second-order valence-electron chi connectivity index (χ2n) is 9.77. The molecular formula is C26H51NO2P+. The third kappa shape index (κ3) is 12.9. The van der Waals surface area contributed by atoms with Gasteiger partial charge in [-0.05, 0) is 51.4 Å². The van der Waals surface area contributed by atoms with Crippen LogP contribution in [0.3, 0.4) is 0 Å². The minimum absolute atomic E-state index is 0.517. The van der Waals surface area contributed by atoms with Crippen LogP contribution in [0.5, 0.6) is 0 Å². The van der Waals surface area contributed by atoms with Gasteiger partial charge in [-0.25, -0.2) is 9.13 Å². The summed E-state index contributed by atoms with van der Waals surface area (Å²) in [5.41, 5.74) is 0. The van der Waals surface area contributed by atoms with Crippen LogP contribution in [0.1, 0.15) is 116 Å². The maximum Gasteiger partial charge on any atom is 0.378 e. The van der Waals surface area contributed by atoms with Crippen molar-refractivity contribution in [3.8, 4) is 0 Å². The van der Waals surface area contributed by atoms with Crippen LogP contribution in [0, 0.1) is 0 Å². The maximum absolute atomic E-state index is 12.1. The van der Waals surface area contributed by atoms with Crippen molar-refractivity contribution in [2.45, 2.75) is 121 Å². The molecule has 0 saturated heterocycles. The average Bonchev–Trinajstić information content (AvgIpc) is 2.68. The van der Waals surface area contributed by atoms with Crippen LogP contribution in [-0.2, 0) is 9.13 Å². The smallest absolute Gasteiger partial charge is 0.314 e. The molecule has 0 aliphatic heterocycles. The van der Waals surface area contributed by atoms with E-state index in [0.717, 1.165) is 38.5 Å². The molecule has 0 bridgehead atoms. The molecule has 0 N–H and O–H groups in total. The van der Waals surface area contributed by atoms with E-state index in [1.54, 1.807) is 0 Å². The van der Waals surface area contributed by atoms with Crippen molar-refractivity contribution in [3.05, 3.63) is 24.8 Å². The van der Waals surface area contributed by atoms with E-state index in [2.05, 4.69) is 25.7 Å². The standard InChI is InChI=1S/C26H51NO2P/c1-6-8-9-10-11-12-13-14-15-16-17-18-19-20-21-22-23-25-26(24-7-2,30(28)29)27(3,4)5/h6,13-14H,1,7-12,15-25H2,2-5H3/q+1. The first-order valence-corrected chi connectivity index (χ1v) is 13.7. The molecule has 0 saturated carbocycles. The van der Waals surface area contributed by atoms with Gasteiger partial charge in [0.2, 0.25) is 5.28 Å². The van der Waals surface area contributed by atoms with Gasteiger partial charge in [0.25, 0.3) is 0 Å². The Hall–Kier alpha value is -0.660. The van der Waals surface area contributed by atoms with Crippen molar-refractivity contribution in [1.29, 1.82) is 0 Å². The molecule has 0 spiro atoms. The van der Waals surface area contributed by atoms with E-state index in [9.17, 15) is 9.13 Å². The fraction of sp³-hybridized carbons (Fsp3) is 0.846. The summed E-state index contributed by atoms with van der Waals surface area (Å²) in [6.45, 7) is 5.85. The van der Waals surface area contributed by atoms with Gasteiger partial charge in [0.15, 0.2) is 0 Å². The van der Waals surface area contributed by atoms with Gasteiger partial charge < -0.3 is 4.48 Å². The Morgan fingerprint density at radius 2 is 1.13 bits per heavy atom. The minimum atomic E-state index is -2.42. The lowest BCUT2D eigenvalue weighted by Gasteiger charge is -2.41. The zero-order chi connectivity index (χ0) is 22.7. The summed E-state index contributed by atoms with van der Waals surface area (Å²) >= 11 is 0. The maximum atomic E-state index is 12.1. The van der Waals surface area contributed by atoms with E-state index in [1.165, 1.54) is 70.6 Å². The lowest BCUT2D eigenvalue weighted by Crippen LogP contribution is -2.53. The van der Waals surface area contributed by atoms with E-state index < -0.39 is 13.0 Å². The van der Waals surface area contributed by atoms with Crippen molar-refractivity contribution in [2.75, 3.05) is 21.1 Å². The first-order chi connectivity index (χ1) is 14.3. The number of hydrogen-bond donors (Lipinski definition) is 0. The Kier molecular flexibility index (Phi) is 17.6. The topological polar surface area (TPSA) is 34.1 Å². The average molecular weight is 441 g/mol. The van der Waals surface area contributed by atoms with Gasteiger partial charge in [0, 0.05) is 12.8 Å². The number of rotatable bonds is 21. The molecule has 0 aliphatic carbocycles. The number of allylic oxidation sites excluding steroid dienone is 3. The van der Waals surface area contributed by atoms with Crippen molar-refractivity contribution < 1.29 is 13.6 Å². The van der Waals surface area contributed by atoms with Crippen LogP contribution < -0.4 is 0 Å². The molecule has 0 fully saturated rings. The van der Waals surface area contributed by atoms with Crippen LogP contribution in [0.25, 0.3) is 0 Å². The molecule has 0 rings (SSSR count). The second-order valence-corrected chi connectivity index (χ2v) is 11.1. The summed E-state index contributed by atoms with van der Waals surface area (Å²) in [5.74, 6) is 0. The molecule has 1 unspecified atom stereocenters. The third-order valence-electron chi connectivity index (χ3n) is 6.38. The van der Waals surface area contributed by atoms with Crippen molar-refractivity contribution >= 4 is 7.68 Å². The summed E-state index contributed by atoms with van der Waals surface area (Å²) in [7, 11) is 3.66. The molecule has 0 aliphatic rings. The van der Waals surface area contributed by atoms with Gasteiger partial charge >= 0.3 is 7.68 Å². The van der Waals surface area contributed by atoms with E-state index in [-0.39, 0.29) is 0 Å². The highest BCUT2D eigenvalue weighted by atomic mass is 31.1. The van der Waals surface area contributed by atoms with Crippen molar-refractivity contribution in [1.82, 2.24) is 0 Å². The first kappa shape index (κ1) is 29.3. The highest BCUT2D eigenvalue weighted by Crippen LogP contribution is 2.44. The molecule has 0 aromatic heterocycles. The van der Waals surface area contributed by atoms with Gasteiger partial charge in [-0.15, -0.1) is 6.58 Å². The fourth-order valence-electron chi connectivity index (χ4n) is 4.32. The molecule has 4 heteroatoms. The molecule has 0 aromatic carbocycles. The number of quaternary nitrogens is 1. The molecule has 176 valence electrons. The quantitative estimate of drug-likeness (QED) is 0.0772. The number of unbranched alkanes of at least 4 members (excludes halogenated alkanes) is 12. The van der Waals surface area contributed by atoms with Crippen LogP contribution in [0.4, 0.5) is 0 Å². The highest BCUT2D eigenvalue weighted by Gasteiger charge is 2.47. The monoisotopic (exact) mass is 440 g/mol. The van der Waals surface area contributed by atoms with Crippen LogP contribution >= 0.6 is 7.68 Å². The molecular weight excluding hydrogens is 389 g/mol. The van der Waals surface area contributed by atoms with Gasteiger partial charge in [-0.3, -0.25) is 0 Å². The minimum Gasteiger partial charge on any atom is -0.314 e. The van der Waals surface area contributed by atoms with Gasteiger partial charge in [0.1, 0.15) is 0 Å². The Morgan fingerprint density at radius 3 is 1.57 bits per heavy atom. The summed E-state index contributed by atoms with van der Waals surface area (Å²) < 4.78 is 24.7. The molecule has 1 atom stereocenters. The Balaban J connectivity index is 3.72. The molecule has 30 heavy (non-hydrogen) atoms. The highest BCUT2D eigenvalue weighted by molar-refractivity contribution is 7.32. The van der Waals surface area contributed by atoms with Crippen molar-refractivity contribution in [3.63, 3.8) is 0 Å². The van der Waals surface area contributed by atoms with Crippen LogP contribution in [0.2, 0.25) is 0 Å². The van der Waals surface area contributed by atoms with Crippen molar-refractivity contribution in [2.24, 2.45) is 0 Å². The Bertz CT molecular complexity index is 512. The zero-order valence-corrected chi connectivity index (χ0v) is 21.6. The lowest BCUT2D eigenvalue weighted by atomic mass is 9.99. The number of nitrogens with zero attached hydrogens (tertiary/aromatic N) is 1. The summed E-state index contributed by atoms with van der Waals surface area (Å²) in [6, 6.07) is 0. The van der Waals surface area contributed by atoms with Crippen LogP contribution in [-0.4, -0.2) is 30.9 Å². The van der Waals surface area contributed by atoms with Gasteiger partial charge in [0.05, 0.1) is 21.1 Å². The molecule has 0 heterocycles. The normalized spacial score (nSPS) is 14.1. The predicted octanol–water partition coefficient (Wildman–Crippen LogP) is 8.96. The SMILES string of the molecule is C=CCCCCCC=CCCCCCCCCCCC(CCC)(P(=O)=O)[N+](C)(C)C. The molecule has 0 radical (unpaired) electrons. The van der Waals surface area contributed by atoms with Gasteiger partial charge in [-0.2, -0.15) is 0 Å². The summed E-state index contributed by atoms with van der Waals surface area (Å²) in [6.07, 6.45) is 26.7. The fourth-order valence-corrected chi connectivity index (χ4v) is 5.55. The second kappa shape index (κ2) is 18.0. The van der Waals surface area contributed by atoms with E-state index in [1.807, 2.05) is 27.2 Å². The summed E-state index contributed by atoms with van der Waals surface area (Å²) in [4.78, 5) is 0. The molecule has 0 aromatic rings. The number of hydrogen-bond acceptors (Lipinski definition) is 2. The lowest BCUT2D eigenvalue weighted by molar-refractivity contribution is -0.908. The molecule has 3 nitrogen and oxygen atoms in total. The Labute approximate surface area is 188 Å². The van der Waals surface area contributed by atoms with E-state index >= 15 is 0 Å². The third-order valence-corrected chi connectivity index (χ3v) is 8.11. The van der Waals surface area contributed by atoms with E-state index in [0.29, 0.717) is 4.48 Å². The predicted molar refractivity (Wildman–Crippen MR) is 133 cm³/mol. The van der Waals surface area contributed by atoms with Crippen LogP contribution in [0.15, 0.2) is 24.8 Å².